The number of benzene rings is 1. The van der Waals surface area contributed by atoms with Crippen molar-refractivity contribution >= 4 is 18.0 Å². The van der Waals surface area contributed by atoms with Crippen molar-refractivity contribution in [3.8, 4) is 5.75 Å². The van der Waals surface area contributed by atoms with E-state index >= 15 is 0 Å². The number of aromatic nitrogens is 2. The van der Waals surface area contributed by atoms with Crippen LogP contribution in [0.15, 0.2) is 36.7 Å². The summed E-state index contributed by atoms with van der Waals surface area (Å²) in [6.07, 6.45) is 1.58. The Morgan fingerprint density at radius 2 is 2.24 bits per heavy atom. The van der Waals surface area contributed by atoms with Crippen molar-refractivity contribution in [1.29, 1.82) is 0 Å². The van der Waals surface area contributed by atoms with Gasteiger partial charge in [-0.2, -0.15) is 0 Å². The lowest BCUT2D eigenvalue weighted by Crippen LogP contribution is -2.03. The third-order valence-electron chi connectivity index (χ3n) is 2.34. The fraction of sp³-hybridized carbons (Fsp3) is 0.167. The van der Waals surface area contributed by atoms with Crippen LogP contribution in [0.4, 0.5) is 5.82 Å². The zero-order valence-corrected chi connectivity index (χ0v) is 10.3. The standard InChI is InChI=1S/C12H13N3OS/c1-16-10-5-3-2-4-9(10)7-13-11-6-12(17)15-8-14-11/h2-6,8H,7H2,1H3,(H2,13,14,15,17). The van der Waals surface area contributed by atoms with Crippen molar-refractivity contribution in [2.45, 2.75) is 6.54 Å². The lowest BCUT2D eigenvalue weighted by molar-refractivity contribution is 0.410. The molecule has 0 unspecified atom stereocenters. The van der Waals surface area contributed by atoms with E-state index < -0.39 is 0 Å². The van der Waals surface area contributed by atoms with Gasteiger partial charge in [0.25, 0.3) is 0 Å². The predicted molar refractivity (Wildman–Crippen MR) is 69.7 cm³/mol. The molecule has 2 N–H and O–H groups in total. The number of aromatic amines is 1. The molecule has 1 heterocycles. The third kappa shape index (κ3) is 3.04. The first kappa shape index (κ1) is 11.6. The summed E-state index contributed by atoms with van der Waals surface area (Å²) >= 11 is 4.98. The number of hydrogen-bond acceptors (Lipinski definition) is 4. The number of para-hydroxylation sites is 1. The average Bonchev–Trinajstić information content (AvgIpc) is 2.37. The molecule has 1 aromatic heterocycles. The van der Waals surface area contributed by atoms with Gasteiger partial charge in [-0.3, -0.25) is 0 Å². The summed E-state index contributed by atoms with van der Waals surface area (Å²) in [5.74, 6) is 1.71. The van der Waals surface area contributed by atoms with Gasteiger partial charge in [-0.25, -0.2) is 4.98 Å². The normalized spacial score (nSPS) is 9.94. The summed E-state index contributed by atoms with van der Waals surface area (Å²) in [6.45, 7) is 0.666. The first-order valence-corrected chi connectivity index (χ1v) is 5.61. The molecule has 5 heteroatoms. The maximum Gasteiger partial charge on any atom is 0.131 e. The summed E-state index contributed by atoms with van der Waals surface area (Å²) in [5.41, 5.74) is 1.09. The van der Waals surface area contributed by atoms with Crippen LogP contribution in [0.1, 0.15) is 5.56 Å². The van der Waals surface area contributed by atoms with Gasteiger partial charge >= 0.3 is 0 Å². The molecular formula is C12H13N3OS. The van der Waals surface area contributed by atoms with E-state index in [1.165, 1.54) is 0 Å². The molecule has 88 valence electrons. The zero-order valence-electron chi connectivity index (χ0n) is 9.43. The number of rotatable bonds is 4. The first-order valence-electron chi connectivity index (χ1n) is 5.20. The Labute approximate surface area is 105 Å². The molecule has 0 atom stereocenters. The Morgan fingerprint density at radius 3 is 3.00 bits per heavy atom. The van der Waals surface area contributed by atoms with E-state index in [-0.39, 0.29) is 0 Å². The van der Waals surface area contributed by atoms with Gasteiger partial charge in [0.2, 0.25) is 0 Å². The fourth-order valence-electron chi connectivity index (χ4n) is 1.51. The SMILES string of the molecule is COc1ccccc1CNc1cc(=S)nc[nH]1. The van der Waals surface area contributed by atoms with E-state index in [1.807, 2.05) is 24.3 Å². The van der Waals surface area contributed by atoms with Crippen LogP contribution < -0.4 is 10.1 Å². The molecule has 0 spiro atoms. The average molecular weight is 247 g/mol. The first-order chi connectivity index (χ1) is 8.29. The molecule has 4 nitrogen and oxygen atoms in total. The van der Waals surface area contributed by atoms with Gasteiger partial charge < -0.3 is 15.0 Å². The molecule has 0 aliphatic carbocycles. The second kappa shape index (κ2) is 5.45. The van der Waals surface area contributed by atoms with E-state index in [9.17, 15) is 0 Å². The van der Waals surface area contributed by atoms with Gasteiger partial charge in [0.05, 0.1) is 13.4 Å². The van der Waals surface area contributed by atoms with Crippen molar-refractivity contribution in [1.82, 2.24) is 9.97 Å². The van der Waals surface area contributed by atoms with Crippen LogP contribution in [0.5, 0.6) is 5.75 Å². The molecular weight excluding hydrogens is 234 g/mol. The highest BCUT2D eigenvalue weighted by Crippen LogP contribution is 2.18. The third-order valence-corrected chi connectivity index (χ3v) is 2.56. The highest BCUT2D eigenvalue weighted by Gasteiger charge is 2.01. The number of nitrogens with zero attached hydrogens (tertiary/aromatic N) is 1. The summed E-state index contributed by atoms with van der Waals surface area (Å²) in [6, 6.07) is 9.66. The van der Waals surface area contributed by atoms with E-state index in [1.54, 1.807) is 19.5 Å². The molecule has 0 aliphatic heterocycles. The number of H-pyrrole nitrogens is 1. The summed E-state index contributed by atoms with van der Waals surface area (Å²) < 4.78 is 5.84. The Balaban J connectivity index is 2.09. The molecule has 0 saturated carbocycles. The lowest BCUT2D eigenvalue weighted by atomic mass is 10.2. The monoisotopic (exact) mass is 247 g/mol. The van der Waals surface area contributed by atoms with Crippen LogP contribution >= 0.6 is 12.2 Å². The Kier molecular flexibility index (Phi) is 3.72. The van der Waals surface area contributed by atoms with E-state index in [0.29, 0.717) is 11.2 Å². The van der Waals surface area contributed by atoms with Gasteiger partial charge in [0.15, 0.2) is 0 Å². The maximum atomic E-state index is 5.27. The van der Waals surface area contributed by atoms with Gasteiger partial charge in [-0.15, -0.1) is 0 Å². The molecule has 0 saturated heterocycles. The Bertz CT molecular complexity index is 553. The molecule has 17 heavy (non-hydrogen) atoms. The highest BCUT2D eigenvalue weighted by molar-refractivity contribution is 7.71. The molecule has 2 aromatic rings. The highest BCUT2D eigenvalue weighted by atomic mass is 32.1. The van der Waals surface area contributed by atoms with Crippen LogP contribution in [0.25, 0.3) is 0 Å². The predicted octanol–water partition coefficient (Wildman–Crippen LogP) is 2.76. The molecule has 1 aromatic carbocycles. The minimum Gasteiger partial charge on any atom is -0.496 e. The van der Waals surface area contributed by atoms with Crippen molar-refractivity contribution in [2.24, 2.45) is 0 Å². The minimum absolute atomic E-state index is 0.561. The second-order valence-corrected chi connectivity index (χ2v) is 3.88. The summed E-state index contributed by atoms with van der Waals surface area (Å²) in [5, 5.41) is 3.23. The molecule has 0 bridgehead atoms. The number of hydrogen-bond donors (Lipinski definition) is 2. The van der Waals surface area contributed by atoms with Gasteiger partial charge in [-0.1, -0.05) is 30.4 Å². The van der Waals surface area contributed by atoms with Gasteiger partial charge in [-0.05, 0) is 6.07 Å². The topological polar surface area (TPSA) is 49.9 Å². The molecule has 0 fully saturated rings. The minimum atomic E-state index is 0.561. The van der Waals surface area contributed by atoms with Gasteiger partial charge in [0.1, 0.15) is 16.2 Å². The summed E-state index contributed by atoms with van der Waals surface area (Å²) in [4.78, 5) is 6.91. The second-order valence-electron chi connectivity index (χ2n) is 3.46. The Morgan fingerprint density at radius 1 is 1.41 bits per heavy atom. The number of nitrogens with one attached hydrogen (secondary N) is 2. The van der Waals surface area contributed by atoms with Crippen LogP contribution in [-0.2, 0) is 6.54 Å². The fourth-order valence-corrected chi connectivity index (χ4v) is 1.68. The van der Waals surface area contributed by atoms with Crippen LogP contribution in [0, 0.1) is 4.64 Å². The largest absolute Gasteiger partial charge is 0.496 e. The molecule has 2 rings (SSSR count). The molecule has 0 amide bonds. The number of methoxy groups -OCH3 is 1. The quantitative estimate of drug-likeness (QED) is 0.816. The van der Waals surface area contributed by atoms with Crippen LogP contribution in [-0.4, -0.2) is 17.1 Å². The van der Waals surface area contributed by atoms with Crippen molar-refractivity contribution < 1.29 is 4.74 Å². The van der Waals surface area contributed by atoms with Crippen molar-refractivity contribution in [2.75, 3.05) is 12.4 Å². The van der Waals surface area contributed by atoms with E-state index in [0.717, 1.165) is 17.1 Å². The Hall–Kier alpha value is -1.88. The number of anilines is 1. The molecule has 0 radical (unpaired) electrons. The smallest absolute Gasteiger partial charge is 0.131 e. The van der Waals surface area contributed by atoms with Crippen LogP contribution in [0.3, 0.4) is 0 Å². The zero-order chi connectivity index (χ0) is 12.1. The summed E-state index contributed by atoms with van der Waals surface area (Å²) in [7, 11) is 1.67. The van der Waals surface area contributed by atoms with E-state index in [2.05, 4.69) is 15.3 Å². The lowest BCUT2D eigenvalue weighted by Gasteiger charge is -2.09. The maximum absolute atomic E-state index is 5.27. The van der Waals surface area contributed by atoms with Gasteiger partial charge in [0, 0.05) is 18.2 Å². The van der Waals surface area contributed by atoms with E-state index in [4.69, 9.17) is 17.0 Å². The molecule has 0 aliphatic rings. The van der Waals surface area contributed by atoms with Crippen molar-refractivity contribution in [3.05, 3.63) is 46.9 Å². The van der Waals surface area contributed by atoms with Crippen LogP contribution in [0.2, 0.25) is 0 Å². The van der Waals surface area contributed by atoms with Crippen molar-refractivity contribution in [3.63, 3.8) is 0 Å². The number of ether oxygens (including phenoxy) is 1.